The first-order valence-corrected chi connectivity index (χ1v) is 12.8. The Morgan fingerprint density at radius 3 is 2.60 bits per heavy atom. The summed E-state index contributed by atoms with van der Waals surface area (Å²) in [7, 11) is 3.11. The lowest BCUT2D eigenvalue weighted by atomic mass is 10.1. The van der Waals surface area contributed by atoms with E-state index < -0.39 is 12.1 Å². The Morgan fingerprint density at radius 1 is 1.17 bits per heavy atom. The molecule has 1 atom stereocenters. The smallest absolute Gasteiger partial charge is 0.349 e. The number of aromatic nitrogens is 2. The van der Waals surface area contributed by atoms with Gasteiger partial charge in [0.1, 0.15) is 28.9 Å². The van der Waals surface area contributed by atoms with E-state index in [0.717, 1.165) is 16.9 Å². The van der Waals surface area contributed by atoms with Crippen LogP contribution in [0, 0.1) is 0 Å². The van der Waals surface area contributed by atoms with Crippen molar-refractivity contribution in [2.75, 3.05) is 26.2 Å². The number of carbonyl (C=O) groups is 1. The van der Waals surface area contributed by atoms with E-state index in [1.165, 1.54) is 0 Å². The molecule has 0 amide bonds. The fraction of sp³-hybridized carbons (Fsp3) is 0.250. The van der Waals surface area contributed by atoms with Gasteiger partial charge in [-0.1, -0.05) is 39.7 Å². The van der Waals surface area contributed by atoms with Crippen molar-refractivity contribution in [2.45, 2.75) is 13.0 Å². The van der Waals surface area contributed by atoms with Crippen LogP contribution in [-0.2, 0) is 0 Å². The van der Waals surface area contributed by atoms with Gasteiger partial charge < -0.3 is 24.1 Å². The van der Waals surface area contributed by atoms with Gasteiger partial charge in [-0.2, -0.15) is 0 Å². The first-order chi connectivity index (χ1) is 16.9. The van der Waals surface area contributed by atoms with Gasteiger partial charge in [-0.3, -0.25) is 4.57 Å². The topological polar surface area (TPSA) is 92.0 Å². The molecule has 4 rings (SSSR count). The van der Waals surface area contributed by atoms with Gasteiger partial charge in [-0.25, -0.2) is 9.78 Å². The number of fused-ring (bicyclic) bond motifs is 1. The summed E-state index contributed by atoms with van der Waals surface area (Å²) < 4.78 is 24.3. The van der Waals surface area contributed by atoms with Gasteiger partial charge >= 0.3 is 5.97 Å². The minimum Gasteiger partial charge on any atom is -0.493 e. The van der Waals surface area contributed by atoms with Crippen molar-refractivity contribution in [2.24, 2.45) is 0 Å². The van der Waals surface area contributed by atoms with E-state index in [2.05, 4.69) is 20.9 Å². The normalized spacial score (nSPS) is 11.9. The van der Waals surface area contributed by atoms with Crippen LogP contribution in [0.4, 0.5) is 0 Å². The number of ether oxygens (including phenoxy) is 4. The summed E-state index contributed by atoms with van der Waals surface area (Å²) in [4.78, 5) is 16.5. The number of carboxylic acids is 1. The minimum atomic E-state index is -1.09. The number of carboxylic acid groups (broad SMARTS) is 1. The number of thiophene rings is 1. The van der Waals surface area contributed by atoms with Crippen molar-refractivity contribution in [3.05, 3.63) is 58.2 Å². The molecule has 0 unspecified atom stereocenters. The average molecular weight is 582 g/mol. The minimum absolute atomic E-state index is 0.0667. The van der Waals surface area contributed by atoms with Crippen molar-refractivity contribution < 1.29 is 28.8 Å². The highest BCUT2D eigenvalue weighted by atomic mass is 79.9. The zero-order chi connectivity index (χ0) is 25.1. The quantitative estimate of drug-likeness (QED) is 0.218. The molecule has 1 N–H and O–H groups in total. The summed E-state index contributed by atoms with van der Waals surface area (Å²) in [5, 5.41) is 11.6. The van der Waals surface area contributed by atoms with Crippen molar-refractivity contribution in [1.29, 1.82) is 0 Å². The summed E-state index contributed by atoms with van der Waals surface area (Å²) in [5.41, 5.74) is 2.10. The molecule has 35 heavy (non-hydrogen) atoms. The Bertz CT molecular complexity index is 1370. The third-order valence-electron chi connectivity index (χ3n) is 5.24. The summed E-state index contributed by atoms with van der Waals surface area (Å²) in [6, 6.07) is 10.7. The zero-order valence-electron chi connectivity index (χ0n) is 19.1. The van der Waals surface area contributed by atoms with Gasteiger partial charge in [-0.15, -0.1) is 11.3 Å². The molecule has 0 aliphatic rings. The number of aromatic carboxylic acids is 1. The number of benzene rings is 2. The Morgan fingerprint density at radius 2 is 1.91 bits per heavy atom. The molecule has 0 saturated heterocycles. The molecule has 0 spiro atoms. The molecule has 0 radical (unpaired) electrons. The van der Waals surface area contributed by atoms with Gasteiger partial charge in [-0.05, 0) is 13.0 Å². The molecule has 2 heterocycles. The Balaban J connectivity index is 1.70. The molecule has 2 aromatic heterocycles. The lowest BCUT2D eigenvalue weighted by Crippen LogP contribution is -2.07. The van der Waals surface area contributed by atoms with Gasteiger partial charge in [0.15, 0.2) is 16.4 Å². The number of methoxy groups -OCH3 is 2. The zero-order valence-corrected chi connectivity index (χ0v) is 22.2. The Hall–Kier alpha value is -2.95. The first kappa shape index (κ1) is 25.2. The van der Waals surface area contributed by atoms with Crippen LogP contribution in [0.3, 0.4) is 0 Å². The van der Waals surface area contributed by atoms with E-state index in [1.807, 2.05) is 19.1 Å². The van der Waals surface area contributed by atoms with E-state index in [1.54, 1.807) is 49.4 Å². The SMILES string of the molecule is COc1cc2ncn(-c3cc(O[C@H](C)c4cccc(OCCBr)c4Cl)c(C(=O)O)s3)c2cc1OC. The summed E-state index contributed by atoms with van der Waals surface area (Å²) in [6.07, 6.45) is 1.09. The van der Waals surface area contributed by atoms with Crippen LogP contribution < -0.4 is 18.9 Å². The lowest BCUT2D eigenvalue weighted by molar-refractivity contribution is 0.0695. The molecule has 11 heteroatoms. The molecule has 4 aromatic rings. The number of hydrogen-bond acceptors (Lipinski definition) is 7. The standard InChI is InChI=1S/C24H22BrClN2O6S/c1-13(14-5-4-6-17(22(14)26)33-8-7-25)34-20-11-21(35-23(20)24(29)30)28-12-27-15-9-18(31-2)19(32-3)10-16(15)28/h4-6,9-13H,7-8H2,1-3H3,(H,29,30)/t13-/m1/s1. The van der Waals surface area contributed by atoms with Gasteiger partial charge in [0, 0.05) is 29.1 Å². The highest BCUT2D eigenvalue weighted by Gasteiger charge is 2.23. The maximum absolute atomic E-state index is 12.0. The van der Waals surface area contributed by atoms with Crippen LogP contribution >= 0.6 is 38.9 Å². The molecular weight excluding hydrogens is 560 g/mol. The third-order valence-corrected chi connectivity index (χ3v) is 7.07. The van der Waals surface area contributed by atoms with Crippen LogP contribution in [0.5, 0.6) is 23.0 Å². The van der Waals surface area contributed by atoms with Crippen molar-refractivity contribution in [3.63, 3.8) is 0 Å². The van der Waals surface area contributed by atoms with Crippen molar-refractivity contribution in [1.82, 2.24) is 9.55 Å². The molecule has 0 aliphatic heterocycles. The Kier molecular flexibility index (Phi) is 7.73. The molecule has 8 nitrogen and oxygen atoms in total. The summed E-state index contributed by atoms with van der Waals surface area (Å²) in [5.74, 6) is 0.777. The fourth-order valence-electron chi connectivity index (χ4n) is 3.58. The number of rotatable bonds is 10. The maximum Gasteiger partial charge on any atom is 0.349 e. The van der Waals surface area contributed by atoms with Crippen LogP contribution in [0.25, 0.3) is 16.0 Å². The maximum atomic E-state index is 12.0. The van der Waals surface area contributed by atoms with Gasteiger partial charge in [0.25, 0.3) is 0 Å². The molecule has 0 aliphatic carbocycles. The highest BCUT2D eigenvalue weighted by Crippen LogP contribution is 2.40. The second-order valence-corrected chi connectivity index (χ2v) is 9.55. The second-order valence-electron chi connectivity index (χ2n) is 7.35. The molecule has 0 saturated carbocycles. The van der Waals surface area contributed by atoms with E-state index >= 15 is 0 Å². The van der Waals surface area contributed by atoms with Crippen molar-refractivity contribution in [3.8, 4) is 28.0 Å². The van der Waals surface area contributed by atoms with E-state index in [-0.39, 0.29) is 10.6 Å². The van der Waals surface area contributed by atoms with Crippen LogP contribution in [-0.4, -0.2) is 46.8 Å². The number of halogens is 2. The number of alkyl halides is 1. The van der Waals surface area contributed by atoms with E-state index in [9.17, 15) is 9.90 Å². The third kappa shape index (κ3) is 5.05. The molecule has 0 fully saturated rings. The van der Waals surface area contributed by atoms with Crippen LogP contribution in [0.1, 0.15) is 28.3 Å². The van der Waals surface area contributed by atoms with Crippen LogP contribution in [0.2, 0.25) is 5.02 Å². The highest BCUT2D eigenvalue weighted by molar-refractivity contribution is 9.09. The van der Waals surface area contributed by atoms with E-state index in [0.29, 0.717) is 50.3 Å². The van der Waals surface area contributed by atoms with Crippen LogP contribution in [0.15, 0.2) is 42.7 Å². The molecule has 2 aromatic carbocycles. The monoisotopic (exact) mass is 580 g/mol. The van der Waals surface area contributed by atoms with Gasteiger partial charge in [0.2, 0.25) is 0 Å². The summed E-state index contributed by atoms with van der Waals surface area (Å²) >= 11 is 11.0. The number of nitrogens with zero attached hydrogens (tertiary/aromatic N) is 2. The fourth-order valence-corrected chi connectivity index (χ4v) is 4.99. The lowest BCUT2D eigenvalue weighted by Gasteiger charge is -2.18. The van der Waals surface area contributed by atoms with E-state index in [4.69, 9.17) is 30.5 Å². The predicted octanol–water partition coefficient (Wildman–Crippen LogP) is 6.37. The number of hydrogen-bond donors (Lipinski definition) is 1. The summed E-state index contributed by atoms with van der Waals surface area (Å²) in [6.45, 7) is 2.27. The number of imidazole rings is 1. The Labute approximate surface area is 219 Å². The predicted molar refractivity (Wildman–Crippen MR) is 139 cm³/mol. The van der Waals surface area contributed by atoms with Crippen molar-refractivity contribution >= 4 is 55.9 Å². The largest absolute Gasteiger partial charge is 0.493 e. The molecule has 0 bridgehead atoms. The average Bonchev–Trinajstić information content (AvgIpc) is 3.46. The first-order valence-electron chi connectivity index (χ1n) is 10.5. The molecular formula is C24H22BrClN2O6S. The second kappa shape index (κ2) is 10.8. The van der Waals surface area contributed by atoms with Gasteiger partial charge in [0.05, 0.1) is 36.9 Å². The molecule has 184 valence electrons.